The number of allylic oxidation sites excluding steroid dienone is 1. The Morgan fingerprint density at radius 1 is 1.60 bits per heavy atom. The van der Waals surface area contributed by atoms with E-state index in [4.69, 9.17) is 0 Å². The van der Waals surface area contributed by atoms with Gasteiger partial charge in [-0.1, -0.05) is 6.08 Å². The van der Waals surface area contributed by atoms with Crippen molar-refractivity contribution in [3.05, 3.63) is 12.2 Å². The van der Waals surface area contributed by atoms with E-state index in [2.05, 4.69) is 0 Å². The Morgan fingerprint density at radius 2 is 2.20 bits per heavy atom. The monoisotopic (exact) mass is 139 g/mol. The van der Waals surface area contributed by atoms with E-state index < -0.39 is 0 Å². The number of nitrogens with zero attached hydrogens (tertiary/aromatic N) is 1. The molecule has 0 radical (unpaired) electrons. The van der Waals surface area contributed by atoms with Crippen molar-refractivity contribution < 1.29 is 4.79 Å². The van der Waals surface area contributed by atoms with Gasteiger partial charge in [-0.2, -0.15) is 0 Å². The molecule has 0 unspecified atom stereocenters. The molecule has 0 aromatic carbocycles. The minimum atomic E-state index is 0.130. The highest BCUT2D eigenvalue weighted by Gasteiger charge is 2.28. The number of rotatable bonds is 2. The maximum atomic E-state index is 11.1. The van der Waals surface area contributed by atoms with Crippen molar-refractivity contribution in [3.63, 3.8) is 0 Å². The van der Waals surface area contributed by atoms with Crippen LogP contribution in [0, 0.1) is 0 Å². The maximum absolute atomic E-state index is 11.1. The lowest BCUT2D eigenvalue weighted by Crippen LogP contribution is -2.26. The highest BCUT2D eigenvalue weighted by Crippen LogP contribution is 2.25. The predicted molar refractivity (Wildman–Crippen MR) is 40.6 cm³/mol. The molecule has 0 spiro atoms. The first kappa shape index (κ1) is 7.32. The van der Waals surface area contributed by atoms with Gasteiger partial charge in [-0.15, -0.1) is 0 Å². The normalized spacial score (nSPS) is 17.8. The zero-order valence-electron chi connectivity index (χ0n) is 6.50. The van der Waals surface area contributed by atoms with Gasteiger partial charge < -0.3 is 4.90 Å². The van der Waals surface area contributed by atoms with Crippen LogP contribution in [0.25, 0.3) is 0 Å². The maximum Gasteiger partial charge on any atom is 0.246 e. The van der Waals surface area contributed by atoms with Crippen LogP contribution in [0.1, 0.15) is 19.8 Å². The average Bonchev–Trinajstić information content (AvgIpc) is 2.68. The van der Waals surface area contributed by atoms with E-state index in [1.807, 2.05) is 14.0 Å². The highest BCUT2D eigenvalue weighted by molar-refractivity contribution is 5.87. The highest BCUT2D eigenvalue weighted by atomic mass is 16.2. The largest absolute Gasteiger partial charge is 0.339 e. The van der Waals surface area contributed by atoms with Crippen LogP contribution in [0.5, 0.6) is 0 Å². The minimum Gasteiger partial charge on any atom is -0.339 e. The summed E-state index contributed by atoms with van der Waals surface area (Å²) < 4.78 is 0. The van der Waals surface area contributed by atoms with Crippen LogP contribution in [0.4, 0.5) is 0 Å². The molecule has 1 fully saturated rings. The standard InChI is InChI=1S/C8H13NO/c1-3-4-8(10)9(2)7-5-6-7/h3-4,7H,5-6H2,1-2H3. The molecule has 10 heavy (non-hydrogen) atoms. The zero-order valence-corrected chi connectivity index (χ0v) is 6.50. The summed E-state index contributed by atoms with van der Waals surface area (Å²) in [5.74, 6) is 0.130. The van der Waals surface area contributed by atoms with E-state index in [-0.39, 0.29) is 5.91 Å². The number of likely N-dealkylation sites (N-methyl/N-ethyl adjacent to an activating group) is 1. The summed E-state index contributed by atoms with van der Waals surface area (Å²) in [6.45, 7) is 1.86. The molecule has 56 valence electrons. The van der Waals surface area contributed by atoms with Crippen LogP contribution >= 0.6 is 0 Å². The number of hydrogen-bond donors (Lipinski definition) is 0. The lowest BCUT2D eigenvalue weighted by atomic mass is 10.4. The van der Waals surface area contributed by atoms with Crippen molar-refractivity contribution >= 4 is 5.91 Å². The molecule has 0 aromatic rings. The fourth-order valence-electron chi connectivity index (χ4n) is 0.902. The smallest absolute Gasteiger partial charge is 0.246 e. The SMILES string of the molecule is CC=CC(=O)N(C)C1CC1. The van der Waals surface area contributed by atoms with Gasteiger partial charge in [0.15, 0.2) is 0 Å². The third kappa shape index (κ3) is 1.59. The molecule has 2 nitrogen and oxygen atoms in total. The Bertz CT molecular complexity index is 159. The van der Waals surface area contributed by atoms with Gasteiger partial charge in [0, 0.05) is 13.1 Å². The van der Waals surface area contributed by atoms with Gasteiger partial charge in [-0.25, -0.2) is 0 Å². The van der Waals surface area contributed by atoms with E-state index in [0.717, 1.165) is 0 Å². The minimum absolute atomic E-state index is 0.130. The Kier molecular flexibility index (Phi) is 2.10. The molecule has 0 heterocycles. The zero-order chi connectivity index (χ0) is 7.56. The second-order valence-electron chi connectivity index (χ2n) is 2.68. The molecular weight excluding hydrogens is 126 g/mol. The third-order valence-electron chi connectivity index (χ3n) is 1.75. The Balaban J connectivity index is 2.38. The first-order valence-corrected chi connectivity index (χ1v) is 3.65. The van der Waals surface area contributed by atoms with Crippen molar-refractivity contribution in [3.8, 4) is 0 Å². The van der Waals surface area contributed by atoms with Crippen LogP contribution in [0.15, 0.2) is 12.2 Å². The van der Waals surface area contributed by atoms with Gasteiger partial charge in [0.05, 0.1) is 0 Å². The molecule has 1 saturated carbocycles. The van der Waals surface area contributed by atoms with E-state index in [1.165, 1.54) is 12.8 Å². The molecule has 0 N–H and O–H groups in total. The summed E-state index contributed by atoms with van der Waals surface area (Å²) in [7, 11) is 1.86. The molecule has 0 atom stereocenters. The summed E-state index contributed by atoms with van der Waals surface area (Å²) in [5.41, 5.74) is 0. The average molecular weight is 139 g/mol. The van der Waals surface area contributed by atoms with E-state index in [0.29, 0.717) is 6.04 Å². The third-order valence-corrected chi connectivity index (χ3v) is 1.75. The molecule has 0 saturated heterocycles. The number of amides is 1. The summed E-state index contributed by atoms with van der Waals surface area (Å²) in [6.07, 6.45) is 5.75. The molecule has 1 aliphatic rings. The van der Waals surface area contributed by atoms with Crippen LogP contribution in [0.3, 0.4) is 0 Å². The summed E-state index contributed by atoms with van der Waals surface area (Å²) in [5, 5.41) is 0. The van der Waals surface area contributed by atoms with Gasteiger partial charge in [-0.05, 0) is 25.8 Å². The first-order chi connectivity index (χ1) is 4.75. The fraction of sp³-hybridized carbons (Fsp3) is 0.625. The Morgan fingerprint density at radius 3 is 2.60 bits per heavy atom. The molecule has 0 aromatic heterocycles. The molecule has 1 rings (SSSR count). The summed E-state index contributed by atoms with van der Waals surface area (Å²) in [4.78, 5) is 12.9. The van der Waals surface area contributed by atoms with Crippen molar-refractivity contribution in [2.45, 2.75) is 25.8 Å². The number of carbonyl (C=O) groups is 1. The molecule has 1 aliphatic carbocycles. The van der Waals surface area contributed by atoms with Gasteiger partial charge in [0.1, 0.15) is 0 Å². The molecule has 0 aliphatic heterocycles. The van der Waals surface area contributed by atoms with Crippen molar-refractivity contribution in [2.75, 3.05) is 7.05 Å². The Labute approximate surface area is 61.5 Å². The lowest BCUT2D eigenvalue weighted by molar-refractivity contribution is -0.125. The van der Waals surface area contributed by atoms with Gasteiger partial charge >= 0.3 is 0 Å². The van der Waals surface area contributed by atoms with E-state index >= 15 is 0 Å². The number of carbonyl (C=O) groups excluding carboxylic acids is 1. The van der Waals surface area contributed by atoms with Crippen molar-refractivity contribution in [2.24, 2.45) is 0 Å². The summed E-state index contributed by atoms with van der Waals surface area (Å²) >= 11 is 0. The Hall–Kier alpha value is -0.790. The van der Waals surface area contributed by atoms with Gasteiger partial charge in [-0.3, -0.25) is 4.79 Å². The van der Waals surface area contributed by atoms with Crippen LogP contribution in [-0.4, -0.2) is 23.9 Å². The number of hydrogen-bond acceptors (Lipinski definition) is 1. The second-order valence-corrected chi connectivity index (χ2v) is 2.68. The fourth-order valence-corrected chi connectivity index (χ4v) is 0.902. The molecule has 0 bridgehead atoms. The van der Waals surface area contributed by atoms with Crippen LogP contribution in [0.2, 0.25) is 0 Å². The second kappa shape index (κ2) is 2.86. The first-order valence-electron chi connectivity index (χ1n) is 3.65. The lowest BCUT2D eigenvalue weighted by Gasteiger charge is -2.12. The predicted octanol–water partition coefficient (Wildman–Crippen LogP) is 1.18. The molecular formula is C8H13NO. The molecule has 1 amide bonds. The van der Waals surface area contributed by atoms with E-state index in [1.54, 1.807) is 17.1 Å². The van der Waals surface area contributed by atoms with Crippen LogP contribution < -0.4 is 0 Å². The molecule has 2 heteroatoms. The van der Waals surface area contributed by atoms with Crippen molar-refractivity contribution in [1.82, 2.24) is 4.90 Å². The van der Waals surface area contributed by atoms with Crippen molar-refractivity contribution in [1.29, 1.82) is 0 Å². The quantitative estimate of drug-likeness (QED) is 0.526. The van der Waals surface area contributed by atoms with Crippen LogP contribution in [-0.2, 0) is 4.79 Å². The van der Waals surface area contributed by atoms with Gasteiger partial charge in [0.2, 0.25) is 5.91 Å². The van der Waals surface area contributed by atoms with Gasteiger partial charge in [0.25, 0.3) is 0 Å². The van der Waals surface area contributed by atoms with E-state index in [9.17, 15) is 4.79 Å². The topological polar surface area (TPSA) is 20.3 Å². The summed E-state index contributed by atoms with van der Waals surface area (Å²) in [6, 6.07) is 0.531.